The molecule has 132 valence electrons. The molecular formula is C18H26ClN3O2. The number of hydrogen-bond acceptors (Lipinski definition) is 4. The summed E-state index contributed by atoms with van der Waals surface area (Å²) in [5.74, 6) is 1.07. The number of nitrogens with one attached hydrogen (secondary N) is 1. The molecule has 2 aliphatic rings. The van der Waals surface area contributed by atoms with E-state index >= 15 is 0 Å². The first-order chi connectivity index (χ1) is 11.7. The van der Waals surface area contributed by atoms with Gasteiger partial charge in [0.2, 0.25) is 5.91 Å². The zero-order valence-corrected chi connectivity index (χ0v) is 14.8. The van der Waals surface area contributed by atoms with Crippen molar-refractivity contribution >= 4 is 17.5 Å². The van der Waals surface area contributed by atoms with Crippen molar-refractivity contribution in [3.63, 3.8) is 0 Å². The lowest BCUT2D eigenvalue weighted by atomic mass is 10.3. The second-order valence-electron chi connectivity index (χ2n) is 6.58. The minimum atomic E-state index is 0.205. The van der Waals surface area contributed by atoms with Gasteiger partial charge in [0.1, 0.15) is 12.4 Å². The number of rotatable bonds is 8. The van der Waals surface area contributed by atoms with E-state index in [1.54, 1.807) is 0 Å². The summed E-state index contributed by atoms with van der Waals surface area (Å²) in [5.41, 5.74) is 0. The molecule has 24 heavy (non-hydrogen) atoms. The van der Waals surface area contributed by atoms with E-state index in [2.05, 4.69) is 15.1 Å². The van der Waals surface area contributed by atoms with Crippen LogP contribution in [0.2, 0.25) is 5.02 Å². The van der Waals surface area contributed by atoms with E-state index < -0.39 is 0 Å². The van der Waals surface area contributed by atoms with Crippen molar-refractivity contribution in [2.75, 3.05) is 45.9 Å². The van der Waals surface area contributed by atoms with Crippen molar-refractivity contribution in [1.82, 2.24) is 15.1 Å². The van der Waals surface area contributed by atoms with Crippen molar-refractivity contribution in [2.45, 2.75) is 25.3 Å². The molecule has 0 bridgehead atoms. The van der Waals surface area contributed by atoms with Gasteiger partial charge in [-0.25, -0.2) is 0 Å². The summed E-state index contributed by atoms with van der Waals surface area (Å²) in [6.07, 6.45) is 2.93. The molecule has 0 radical (unpaired) electrons. The average Bonchev–Trinajstić information content (AvgIpc) is 3.40. The van der Waals surface area contributed by atoms with Gasteiger partial charge in [-0.1, -0.05) is 11.6 Å². The smallest absolute Gasteiger partial charge is 0.221 e. The van der Waals surface area contributed by atoms with E-state index in [-0.39, 0.29) is 5.91 Å². The molecule has 0 atom stereocenters. The Morgan fingerprint density at radius 1 is 1.08 bits per heavy atom. The Bertz CT molecular complexity index is 526. The Morgan fingerprint density at radius 3 is 2.33 bits per heavy atom. The van der Waals surface area contributed by atoms with Crippen LogP contribution in [-0.2, 0) is 4.79 Å². The normalized spacial score (nSPS) is 19.2. The largest absolute Gasteiger partial charge is 0.492 e. The minimum absolute atomic E-state index is 0.205. The van der Waals surface area contributed by atoms with E-state index in [1.165, 1.54) is 0 Å². The maximum Gasteiger partial charge on any atom is 0.221 e. The van der Waals surface area contributed by atoms with Crippen molar-refractivity contribution in [1.29, 1.82) is 0 Å². The van der Waals surface area contributed by atoms with Gasteiger partial charge < -0.3 is 15.0 Å². The summed E-state index contributed by atoms with van der Waals surface area (Å²) in [5, 5.41) is 3.77. The zero-order chi connectivity index (χ0) is 16.8. The van der Waals surface area contributed by atoms with Crippen LogP contribution in [0.15, 0.2) is 24.3 Å². The monoisotopic (exact) mass is 351 g/mol. The third-order valence-corrected chi connectivity index (χ3v) is 4.80. The Kier molecular flexibility index (Phi) is 6.35. The van der Waals surface area contributed by atoms with Crippen LogP contribution in [0.3, 0.4) is 0 Å². The van der Waals surface area contributed by atoms with E-state index in [9.17, 15) is 4.79 Å². The second kappa shape index (κ2) is 8.70. The number of halogens is 1. The molecule has 3 rings (SSSR count). The van der Waals surface area contributed by atoms with Crippen LogP contribution in [0.25, 0.3) is 0 Å². The third-order valence-electron chi connectivity index (χ3n) is 4.55. The highest BCUT2D eigenvalue weighted by atomic mass is 35.5. The number of carbonyl (C=O) groups excluding carboxylic acids is 1. The molecule has 5 nitrogen and oxygen atoms in total. The molecule has 1 aromatic carbocycles. The Hall–Kier alpha value is -1.30. The first kappa shape index (κ1) is 17.5. The first-order valence-electron chi connectivity index (χ1n) is 8.81. The van der Waals surface area contributed by atoms with Gasteiger partial charge in [0.25, 0.3) is 0 Å². The van der Waals surface area contributed by atoms with Crippen molar-refractivity contribution in [2.24, 2.45) is 0 Å². The van der Waals surface area contributed by atoms with Crippen molar-refractivity contribution in [3.8, 4) is 5.75 Å². The minimum Gasteiger partial charge on any atom is -0.492 e. The topological polar surface area (TPSA) is 44.8 Å². The molecule has 0 spiro atoms. The van der Waals surface area contributed by atoms with Crippen LogP contribution >= 0.6 is 11.6 Å². The summed E-state index contributed by atoms with van der Waals surface area (Å²) < 4.78 is 5.75. The van der Waals surface area contributed by atoms with Crippen LogP contribution in [0.1, 0.15) is 19.3 Å². The van der Waals surface area contributed by atoms with Crippen LogP contribution < -0.4 is 10.1 Å². The number of benzene rings is 1. The van der Waals surface area contributed by atoms with Gasteiger partial charge in [-0.2, -0.15) is 0 Å². The van der Waals surface area contributed by atoms with Crippen LogP contribution in [-0.4, -0.2) is 67.6 Å². The van der Waals surface area contributed by atoms with E-state index in [1.807, 2.05) is 24.3 Å². The molecule has 1 saturated carbocycles. The highest BCUT2D eigenvalue weighted by molar-refractivity contribution is 6.30. The second-order valence-corrected chi connectivity index (χ2v) is 7.01. The van der Waals surface area contributed by atoms with Gasteiger partial charge in [0.15, 0.2) is 0 Å². The lowest BCUT2D eigenvalue weighted by molar-refractivity contribution is -0.121. The first-order valence-corrected chi connectivity index (χ1v) is 9.19. The standard InChI is InChI=1S/C18H26ClN3O2/c19-15-1-5-17(6-2-15)24-14-13-22-11-9-21(10-12-22)8-7-18(23)20-16-3-4-16/h1-2,5-6,16H,3-4,7-14H2,(H,20,23). The number of piperazine rings is 1. The fraction of sp³-hybridized carbons (Fsp3) is 0.611. The molecule has 0 aromatic heterocycles. The van der Waals surface area contributed by atoms with Gasteiger partial charge in [-0.15, -0.1) is 0 Å². The predicted molar refractivity (Wildman–Crippen MR) is 95.6 cm³/mol. The summed E-state index contributed by atoms with van der Waals surface area (Å²) in [6, 6.07) is 7.94. The molecular weight excluding hydrogens is 326 g/mol. The number of nitrogens with zero attached hydrogens (tertiary/aromatic N) is 2. The number of ether oxygens (including phenoxy) is 1. The predicted octanol–water partition coefficient (Wildman–Crippen LogP) is 2.01. The van der Waals surface area contributed by atoms with Gasteiger partial charge >= 0.3 is 0 Å². The highest BCUT2D eigenvalue weighted by Gasteiger charge is 2.23. The molecule has 1 N–H and O–H groups in total. The fourth-order valence-electron chi connectivity index (χ4n) is 2.85. The number of carbonyl (C=O) groups is 1. The van der Waals surface area contributed by atoms with Gasteiger partial charge in [0.05, 0.1) is 0 Å². The maximum absolute atomic E-state index is 11.7. The number of hydrogen-bond donors (Lipinski definition) is 1. The summed E-state index contributed by atoms with van der Waals surface area (Å²) in [7, 11) is 0. The lowest BCUT2D eigenvalue weighted by Crippen LogP contribution is -2.48. The van der Waals surface area contributed by atoms with E-state index in [0.717, 1.165) is 62.9 Å². The Labute approximate surface area is 148 Å². The van der Waals surface area contributed by atoms with Crippen molar-refractivity contribution in [3.05, 3.63) is 29.3 Å². The molecule has 2 fully saturated rings. The molecule has 1 aromatic rings. The van der Waals surface area contributed by atoms with Gasteiger partial charge in [-0.05, 0) is 37.1 Å². The van der Waals surface area contributed by atoms with Crippen LogP contribution in [0.4, 0.5) is 0 Å². The average molecular weight is 352 g/mol. The van der Waals surface area contributed by atoms with Crippen molar-refractivity contribution < 1.29 is 9.53 Å². The SMILES string of the molecule is O=C(CCN1CCN(CCOc2ccc(Cl)cc2)CC1)NC1CC1. The molecule has 1 saturated heterocycles. The molecule has 1 amide bonds. The zero-order valence-electron chi connectivity index (χ0n) is 14.0. The highest BCUT2D eigenvalue weighted by Crippen LogP contribution is 2.18. The van der Waals surface area contributed by atoms with Gasteiger partial charge in [0, 0.05) is 56.8 Å². The van der Waals surface area contributed by atoms with Crippen LogP contribution in [0, 0.1) is 0 Å². The van der Waals surface area contributed by atoms with E-state index in [4.69, 9.17) is 16.3 Å². The van der Waals surface area contributed by atoms with Gasteiger partial charge in [-0.3, -0.25) is 9.69 Å². The number of amides is 1. The molecule has 6 heteroatoms. The fourth-order valence-corrected chi connectivity index (χ4v) is 2.97. The molecule has 1 aliphatic heterocycles. The Morgan fingerprint density at radius 2 is 1.71 bits per heavy atom. The molecule has 1 heterocycles. The third kappa shape index (κ3) is 5.96. The quantitative estimate of drug-likeness (QED) is 0.778. The Balaban J connectivity index is 1.26. The summed E-state index contributed by atoms with van der Waals surface area (Å²) >= 11 is 5.86. The van der Waals surface area contributed by atoms with E-state index in [0.29, 0.717) is 19.1 Å². The molecule has 0 unspecified atom stereocenters. The molecule has 1 aliphatic carbocycles. The summed E-state index contributed by atoms with van der Waals surface area (Å²) in [6.45, 7) is 6.61. The maximum atomic E-state index is 11.7. The lowest BCUT2D eigenvalue weighted by Gasteiger charge is -2.34. The summed E-state index contributed by atoms with van der Waals surface area (Å²) in [4.78, 5) is 16.5. The van der Waals surface area contributed by atoms with Crippen LogP contribution in [0.5, 0.6) is 5.75 Å².